The predicted molar refractivity (Wildman–Crippen MR) is 77.4 cm³/mol. The van der Waals surface area contributed by atoms with Crippen molar-refractivity contribution in [1.82, 2.24) is 10.7 Å². The topological polar surface area (TPSA) is 36.4 Å². The Balaban J connectivity index is 2.68. The monoisotopic (exact) mass is 249 g/mol. The molecule has 0 saturated heterocycles. The molecule has 0 radical (unpaired) electrons. The normalized spacial score (nSPS) is 11.5. The lowest BCUT2D eigenvalue weighted by Crippen LogP contribution is -2.37. The maximum absolute atomic E-state index is 5.10. The minimum absolute atomic E-state index is 0.309. The van der Waals surface area contributed by atoms with Gasteiger partial charge in [0.15, 0.2) is 5.11 Å². The summed E-state index contributed by atoms with van der Waals surface area (Å²) < 4.78 is 0. The lowest BCUT2D eigenvalue weighted by Gasteiger charge is -2.11. The van der Waals surface area contributed by atoms with E-state index >= 15 is 0 Å². The third-order valence-corrected chi connectivity index (χ3v) is 2.49. The maximum Gasteiger partial charge on any atom is 0.187 e. The van der Waals surface area contributed by atoms with E-state index in [0.717, 1.165) is 11.3 Å². The lowest BCUT2D eigenvalue weighted by molar-refractivity contribution is 0.719. The number of nitrogens with zero attached hydrogens (tertiary/aromatic N) is 1. The van der Waals surface area contributed by atoms with E-state index in [9.17, 15) is 0 Å². The first-order valence-corrected chi connectivity index (χ1v) is 6.08. The number of hydrazone groups is 1. The van der Waals surface area contributed by atoms with Gasteiger partial charge in [0, 0.05) is 11.6 Å². The largest absolute Gasteiger partial charge is 0.359 e. The van der Waals surface area contributed by atoms with Crippen molar-refractivity contribution in [3.8, 4) is 0 Å². The van der Waals surface area contributed by atoms with Gasteiger partial charge in [0.1, 0.15) is 0 Å². The molecule has 0 bridgehead atoms. The van der Waals surface area contributed by atoms with Crippen molar-refractivity contribution < 1.29 is 0 Å². The summed E-state index contributed by atoms with van der Waals surface area (Å²) in [6, 6.07) is 8.45. The highest BCUT2D eigenvalue weighted by Crippen LogP contribution is 2.07. The number of nitrogens with one attached hydrogen (secondary N) is 2. The third kappa shape index (κ3) is 4.53. The standard InChI is InChI=1S/C13H19N3S/c1-9(2)14-13(17)16-15-11(4)12-8-6-5-7-10(12)3/h5-9H,1-4H3,(H2,14,16,17)/b15-11-. The summed E-state index contributed by atoms with van der Waals surface area (Å²) in [4.78, 5) is 0. The molecule has 0 atom stereocenters. The van der Waals surface area contributed by atoms with Gasteiger partial charge >= 0.3 is 0 Å². The maximum atomic E-state index is 5.10. The SMILES string of the molecule is C/C(=N/NC(=S)NC(C)C)c1ccccc1C. The molecule has 4 heteroatoms. The smallest absolute Gasteiger partial charge is 0.187 e. The minimum atomic E-state index is 0.309. The Morgan fingerprint density at radius 3 is 2.53 bits per heavy atom. The molecule has 17 heavy (non-hydrogen) atoms. The molecule has 92 valence electrons. The Labute approximate surface area is 108 Å². The summed E-state index contributed by atoms with van der Waals surface area (Å²) in [5, 5.41) is 7.90. The molecule has 0 fully saturated rings. The van der Waals surface area contributed by atoms with E-state index < -0.39 is 0 Å². The number of hydrogen-bond acceptors (Lipinski definition) is 2. The van der Waals surface area contributed by atoms with Crippen LogP contribution in [0.2, 0.25) is 0 Å². The minimum Gasteiger partial charge on any atom is -0.359 e. The van der Waals surface area contributed by atoms with Crippen LogP contribution in [0.25, 0.3) is 0 Å². The molecule has 0 aliphatic carbocycles. The first kappa shape index (κ1) is 13.6. The number of aryl methyl sites for hydroxylation is 1. The molecule has 1 aromatic rings. The zero-order chi connectivity index (χ0) is 12.8. The second-order valence-electron chi connectivity index (χ2n) is 4.25. The molecular weight excluding hydrogens is 230 g/mol. The van der Waals surface area contributed by atoms with Gasteiger partial charge in [-0.2, -0.15) is 5.10 Å². The molecule has 0 aliphatic heterocycles. The molecule has 0 amide bonds. The summed E-state index contributed by atoms with van der Waals surface area (Å²) in [7, 11) is 0. The molecule has 2 N–H and O–H groups in total. The Hall–Kier alpha value is -1.42. The highest BCUT2D eigenvalue weighted by molar-refractivity contribution is 7.80. The van der Waals surface area contributed by atoms with E-state index in [1.165, 1.54) is 5.56 Å². The van der Waals surface area contributed by atoms with Crippen LogP contribution in [0.3, 0.4) is 0 Å². The summed E-state index contributed by atoms with van der Waals surface area (Å²) in [5.41, 5.74) is 6.11. The lowest BCUT2D eigenvalue weighted by atomic mass is 10.1. The average Bonchev–Trinajstić information content (AvgIpc) is 2.25. The predicted octanol–water partition coefficient (Wildman–Crippen LogP) is 2.59. The van der Waals surface area contributed by atoms with Gasteiger partial charge in [0.25, 0.3) is 0 Å². The van der Waals surface area contributed by atoms with Gasteiger partial charge in [-0.25, -0.2) is 0 Å². The fourth-order valence-corrected chi connectivity index (χ4v) is 1.75. The Morgan fingerprint density at radius 2 is 1.94 bits per heavy atom. The average molecular weight is 249 g/mol. The van der Waals surface area contributed by atoms with E-state index in [1.807, 2.05) is 32.9 Å². The molecule has 0 saturated carbocycles. The zero-order valence-electron chi connectivity index (χ0n) is 10.7. The van der Waals surface area contributed by atoms with E-state index in [1.54, 1.807) is 0 Å². The van der Waals surface area contributed by atoms with E-state index in [-0.39, 0.29) is 0 Å². The Kier molecular flexibility index (Phi) is 5.10. The van der Waals surface area contributed by atoms with Crippen molar-refractivity contribution >= 4 is 23.0 Å². The van der Waals surface area contributed by atoms with Crippen LogP contribution < -0.4 is 10.7 Å². The Morgan fingerprint density at radius 1 is 1.29 bits per heavy atom. The molecule has 0 heterocycles. The fourth-order valence-electron chi connectivity index (χ4n) is 1.47. The second-order valence-corrected chi connectivity index (χ2v) is 4.66. The number of thiocarbonyl (C=S) groups is 1. The van der Waals surface area contributed by atoms with Gasteiger partial charge in [-0.05, 0) is 45.5 Å². The van der Waals surface area contributed by atoms with Gasteiger partial charge in [-0.3, -0.25) is 5.43 Å². The van der Waals surface area contributed by atoms with Gasteiger partial charge in [-0.1, -0.05) is 24.3 Å². The van der Waals surface area contributed by atoms with Crippen molar-refractivity contribution in [2.24, 2.45) is 5.10 Å². The summed E-state index contributed by atoms with van der Waals surface area (Å²) in [6.07, 6.45) is 0. The van der Waals surface area contributed by atoms with Crippen LogP contribution in [-0.4, -0.2) is 16.9 Å². The van der Waals surface area contributed by atoms with Crippen LogP contribution in [0.5, 0.6) is 0 Å². The van der Waals surface area contributed by atoms with E-state index in [2.05, 4.69) is 34.9 Å². The summed E-state index contributed by atoms with van der Waals surface area (Å²) >= 11 is 5.10. The van der Waals surface area contributed by atoms with Crippen molar-refractivity contribution in [3.63, 3.8) is 0 Å². The van der Waals surface area contributed by atoms with Crippen LogP contribution in [0.1, 0.15) is 31.9 Å². The number of rotatable bonds is 3. The summed E-state index contributed by atoms with van der Waals surface area (Å²) in [5.74, 6) is 0. The third-order valence-electron chi connectivity index (χ3n) is 2.28. The first-order chi connectivity index (χ1) is 8.00. The molecular formula is C13H19N3S. The van der Waals surface area contributed by atoms with Gasteiger partial charge in [0.05, 0.1) is 5.71 Å². The molecule has 1 aromatic carbocycles. The van der Waals surface area contributed by atoms with Crippen molar-refractivity contribution in [2.75, 3.05) is 0 Å². The molecule has 1 rings (SSSR count). The van der Waals surface area contributed by atoms with Crippen molar-refractivity contribution in [1.29, 1.82) is 0 Å². The van der Waals surface area contributed by atoms with Crippen LogP contribution >= 0.6 is 12.2 Å². The summed E-state index contributed by atoms with van der Waals surface area (Å²) in [6.45, 7) is 8.10. The van der Waals surface area contributed by atoms with E-state index in [0.29, 0.717) is 11.2 Å². The Bertz CT molecular complexity index is 424. The molecule has 0 spiro atoms. The number of benzene rings is 1. The van der Waals surface area contributed by atoms with Crippen LogP contribution in [0, 0.1) is 6.92 Å². The van der Waals surface area contributed by atoms with Crippen molar-refractivity contribution in [3.05, 3.63) is 35.4 Å². The highest BCUT2D eigenvalue weighted by Gasteiger charge is 2.01. The van der Waals surface area contributed by atoms with Gasteiger partial charge < -0.3 is 5.32 Å². The van der Waals surface area contributed by atoms with Crippen molar-refractivity contribution in [2.45, 2.75) is 33.7 Å². The quantitative estimate of drug-likeness (QED) is 0.491. The highest BCUT2D eigenvalue weighted by atomic mass is 32.1. The van der Waals surface area contributed by atoms with E-state index in [4.69, 9.17) is 12.2 Å². The van der Waals surface area contributed by atoms with Crippen LogP contribution in [-0.2, 0) is 0 Å². The molecule has 0 aromatic heterocycles. The first-order valence-electron chi connectivity index (χ1n) is 5.67. The molecule has 3 nitrogen and oxygen atoms in total. The molecule has 0 aliphatic rings. The second kappa shape index (κ2) is 6.35. The van der Waals surface area contributed by atoms with Gasteiger partial charge in [-0.15, -0.1) is 0 Å². The zero-order valence-corrected chi connectivity index (χ0v) is 11.6. The molecule has 0 unspecified atom stereocenters. The fraction of sp³-hybridized carbons (Fsp3) is 0.385. The van der Waals surface area contributed by atoms with Crippen LogP contribution in [0.15, 0.2) is 29.4 Å². The number of hydrogen-bond donors (Lipinski definition) is 2. The van der Waals surface area contributed by atoms with Gasteiger partial charge in [0.2, 0.25) is 0 Å². The van der Waals surface area contributed by atoms with Crippen LogP contribution in [0.4, 0.5) is 0 Å².